The number of amides is 1. The van der Waals surface area contributed by atoms with E-state index in [1.165, 1.54) is 5.57 Å². The summed E-state index contributed by atoms with van der Waals surface area (Å²) in [6.07, 6.45) is 4.04. The number of hydrazone groups is 1. The van der Waals surface area contributed by atoms with Crippen LogP contribution in [0.25, 0.3) is 0 Å². The molecule has 122 valence electrons. The molecule has 1 atom stereocenters. The number of hydrogen-bond donors (Lipinski definition) is 2. The van der Waals surface area contributed by atoms with Crippen LogP contribution < -0.4 is 10.7 Å². The molecule has 0 bridgehead atoms. The van der Waals surface area contributed by atoms with Gasteiger partial charge in [0.15, 0.2) is 0 Å². The second-order valence-electron chi connectivity index (χ2n) is 5.80. The standard InChI is InChI=1S/C18H22BrN3O/c1-12(2)14-7-8-17(13(3)9-14)21-22-18(23)11-20-16-6-4-5-15(19)10-16/h4-6,9-10,14,20H,1,7-8,11H2,2-3H3,(H,22,23)/b21-17-. The van der Waals surface area contributed by atoms with Gasteiger partial charge in [-0.2, -0.15) is 5.10 Å². The van der Waals surface area contributed by atoms with Gasteiger partial charge in [0.1, 0.15) is 0 Å². The van der Waals surface area contributed by atoms with Crippen molar-refractivity contribution in [1.29, 1.82) is 0 Å². The molecule has 2 N–H and O–H groups in total. The predicted octanol–water partition coefficient (Wildman–Crippen LogP) is 4.27. The van der Waals surface area contributed by atoms with Gasteiger partial charge in [0, 0.05) is 10.2 Å². The van der Waals surface area contributed by atoms with Gasteiger partial charge < -0.3 is 5.32 Å². The van der Waals surface area contributed by atoms with Gasteiger partial charge in [-0.1, -0.05) is 40.2 Å². The van der Waals surface area contributed by atoms with Crippen molar-refractivity contribution in [2.45, 2.75) is 26.7 Å². The van der Waals surface area contributed by atoms with Gasteiger partial charge in [-0.15, -0.1) is 0 Å². The lowest BCUT2D eigenvalue weighted by Crippen LogP contribution is -2.27. The number of carbonyl (C=O) groups is 1. The molecule has 2 rings (SSSR count). The summed E-state index contributed by atoms with van der Waals surface area (Å²) in [6.45, 7) is 8.27. The third kappa shape index (κ3) is 5.36. The Morgan fingerprint density at radius 2 is 2.26 bits per heavy atom. The van der Waals surface area contributed by atoms with Crippen LogP contribution in [0.2, 0.25) is 0 Å². The summed E-state index contributed by atoms with van der Waals surface area (Å²) in [4.78, 5) is 11.9. The van der Waals surface area contributed by atoms with E-state index in [2.05, 4.69) is 44.4 Å². The SMILES string of the molecule is C=C(C)C1C=C(C)/C(=N\NC(=O)CNc2cccc(Br)c2)CC1. The first-order valence-corrected chi connectivity index (χ1v) is 8.44. The molecule has 1 aliphatic rings. The molecule has 4 nitrogen and oxygen atoms in total. The Kier molecular flexibility index (Phi) is 6.16. The van der Waals surface area contributed by atoms with Crippen LogP contribution in [0.4, 0.5) is 5.69 Å². The molecule has 0 aromatic heterocycles. The Hall–Kier alpha value is -1.88. The molecule has 0 aliphatic heterocycles. The fourth-order valence-corrected chi connectivity index (χ4v) is 2.85. The van der Waals surface area contributed by atoms with E-state index in [0.717, 1.165) is 34.3 Å². The molecule has 1 amide bonds. The molecule has 0 spiro atoms. The van der Waals surface area contributed by atoms with Crippen LogP contribution in [0.3, 0.4) is 0 Å². The number of nitrogens with zero attached hydrogens (tertiary/aromatic N) is 1. The highest BCUT2D eigenvalue weighted by atomic mass is 79.9. The highest BCUT2D eigenvalue weighted by molar-refractivity contribution is 9.10. The maximum Gasteiger partial charge on any atom is 0.259 e. The fourth-order valence-electron chi connectivity index (χ4n) is 2.45. The number of hydrogen-bond acceptors (Lipinski definition) is 3. The molecule has 23 heavy (non-hydrogen) atoms. The van der Waals surface area contributed by atoms with Gasteiger partial charge in [0.25, 0.3) is 5.91 Å². The van der Waals surface area contributed by atoms with E-state index in [1.54, 1.807) is 0 Å². The van der Waals surface area contributed by atoms with E-state index in [-0.39, 0.29) is 12.5 Å². The molecule has 1 aromatic rings. The van der Waals surface area contributed by atoms with Gasteiger partial charge in [-0.25, -0.2) is 5.43 Å². The Labute approximate surface area is 145 Å². The minimum atomic E-state index is -0.160. The van der Waals surface area contributed by atoms with E-state index >= 15 is 0 Å². The minimum absolute atomic E-state index is 0.160. The molecule has 0 radical (unpaired) electrons. The molecule has 1 aromatic carbocycles. The average molecular weight is 376 g/mol. The lowest BCUT2D eigenvalue weighted by Gasteiger charge is -2.21. The van der Waals surface area contributed by atoms with Crippen LogP contribution in [-0.4, -0.2) is 18.2 Å². The minimum Gasteiger partial charge on any atom is -0.376 e. The second kappa shape index (κ2) is 8.11. The van der Waals surface area contributed by atoms with Crippen LogP contribution >= 0.6 is 15.9 Å². The summed E-state index contributed by atoms with van der Waals surface area (Å²) in [5.41, 5.74) is 6.74. The van der Waals surface area contributed by atoms with Crippen LogP contribution in [0, 0.1) is 5.92 Å². The van der Waals surface area contributed by atoms with E-state index in [9.17, 15) is 4.79 Å². The predicted molar refractivity (Wildman–Crippen MR) is 99.5 cm³/mol. The van der Waals surface area contributed by atoms with Crippen LogP contribution in [0.1, 0.15) is 26.7 Å². The zero-order valence-corrected chi connectivity index (χ0v) is 15.1. The molecule has 1 aliphatic carbocycles. The van der Waals surface area contributed by atoms with Crippen LogP contribution in [0.5, 0.6) is 0 Å². The molecular weight excluding hydrogens is 354 g/mol. The second-order valence-corrected chi connectivity index (χ2v) is 6.71. The number of carbonyl (C=O) groups excluding carboxylic acids is 1. The highest BCUT2D eigenvalue weighted by Gasteiger charge is 2.17. The lowest BCUT2D eigenvalue weighted by atomic mass is 9.86. The zero-order chi connectivity index (χ0) is 16.8. The third-order valence-electron chi connectivity index (χ3n) is 3.82. The van der Waals surface area contributed by atoms with E-state index in [4.69, 9.17) is 0 Å². The van der Waals surface area contributed by atoms with Crippen molar-refractivity contribution in [2.24, 2.45) is 11.0 Å². The smallest absolute Gasteiger partial charge is 0.259 e. The molecule has 0 fully saturated rings. The fraction of sp³-hybridized carbons (Fsp3) is 0.333. The number of rotatable bonds is 5. The molecule has 0 saturated heterocycles. The first-order valence-electron chi connectivity index (χ1n) is 7.64. The van der Waals surface area contributed by atoms with Crippen molar-refractivity contribution >= 4 is 33.2 Å². The van der Waals surface area contributed by atoms with Gasteiger partial charge in [0.2, 0.25) is 0 Å². The Bertz CT molecular complexity index is 664. The van der Waals surface area contributed by atoms with Gasteiger partial charge in [-0.05, 0) is 56.4 Å². The van der Waals surface area contributed by atoms with Crippen LogP contribution in [0.15, 0.2) is 57.6 Å². The van der Waals surface area contributed by atoms with E-state index in [0.29, 0.717) is 5.92 Å². The number of benzene rings is 1. The Morgan fingerprint density at radius 1 is 1.48 bits per heavy atom. The van der Waals surface area contributed by atoms with Crippen molar-refractivity contribution < 1.29 is 4.79 Å². The Balaban J connectivity index is 1.86. The average Bonchev–Trinajstić information content (AvgIpc) is 2.51. The zero-order valence-electron chi connectivity index (χ0n) is 13.5. The van der Waals surface area contributed by atoms with Gasteiger partial charge in [-0.3, -0.25) is 4.79 Å². The van der Waals surface area contributed by atoms with Crippen molar-refractivity contribution in [3.05, 3.63) is 52.5 Å². The number of nitrogens with one attached hydrogen (secondary N) is 2. The highest BCUT2D eigenvalue weighted by Crippen LogP contribution is 2.25. The number of anilines is 1. The quantitative estimate of drug-likeness (QED) is 0.596. The van der Waals surface area contributed by atoms with Crippen molar-refractivity contribution in [1.82, 2.24) is 5.43 Å². The maximum absolute atomic E-state index is 11.9. The monoisotopic (exact) mass is 375 g/mol. The van der Waals surface area contributed by atoms with E-state index in [1.807, 2.05) is 38.1 Å². The number of halogens is 1. The largest absolute Gasteiger partial charge is 0.376 e. The maximum atomic E-state index is 11.9. The summed E-state index contributed by atoms with van der Waals surface area (Å²) < 4.78 is 0.971. The Morgan fingerprint density at radius 3 is 2.91 bits per heavy atom. The van der Waals surface area contributed by atoms with Crippen molar-refractivity contribution in [3.63, 3.8) is 0 Å². The molecule has 5 heteroatoms. The van der Waals surface area contributed by atoms with Crippen molar-refractivity contribution in [2.75, 3.05) is 11.9 Å². The summed E-state index contributed by atoms with van der Waals surface area (Å²) in [6, 6.07) is 7.69. The van der Waals surface area contributed by atoms with E-state index < -0.39 is 0 Å². The normalized spacial score (nSPS) is 19.2. The first-order chi connectivity index (χ1) is 11.0. The summed E-state index contributed by atoms with van der Waals surface area (Å²) in [7, 11) is 0. The molecule has 1 unspecified atom stereocenters. The first kappa shape index (κ1) is 17.5. The van der Waals surface area contributed by atoms with Crippen molar-refractivity contribution in [3.8, 4) is 0 Å². The summed E-state index contributed by atoms with van der Waals surface area (Å²) >= 11 is 3.40. The van der Waals surface area contributed by atoms with Gasteiger partial charge >= 0.3 is 0 Å². The topological polar surface area (TPSA) is 53.5 Å². The molecule has 0 saturated carbocycles. The van der Waals surface area contributed by atoms with Gasteiger partial charge in [0.05, 0.1) is 12.3 Å². The van der Waals surface area contributed by atoms with Crippen LogP contribution in [-0.2, 0) is 4.79 Å². The third-order valence-corrected chi connectivity index (χ3v) is 4.32. The summed E-state index contributed by atoms with van der Waals surface area (Å²) in [5.74, 6) is 0.259. The molecule has 0 heterocycles. The lowest BCUT2D eigenvalue weighted by molar-refractivity contribution is -0.119. The molecular formula is C18H22BrN3O. The summed E-state index contributed by atoms with van der Waals surface area (Å²) in [5, 5.41) is 7.33. The number of allylic oxidation sites excluding steroid dienone is 3.